The van der Waals surface area contributed by atoms with E-state index in [2.05, 4.69) is 0 Å². The average Bonchev–Trinajstić information content (AvgIpc) is 2.29. The summed E-state index contributed by atoms with van der Waals surface area (Å²) in [5.74, 6) is 0.133. The van der Waals surface area contributed by atoms with Crippen molar-refractivity contribution >= 4 is 10.8 Å². The maximum atomic E-state index is 12.3. The van der Waals surface area contributed by atoms with Crippen molar-refractivity contribution in [3.8, 4) is 5.75 Å². The van der Waals surface area contributed by atoms with E-state index in [9.17, 15) is 13.9 Å². The minimum absolute atomic E-state index is 0.133. The van der Waals surface area contributed by atoms with Gasteiger partial charge in [-0.25, -0.2) is 8.78 Å². The number of rotatable bonds is 3. The number of aromatic hydroxyl groups is 1. The molecule has 1 atom stereocenters. The van der Waals surface area contributed by atoms with Gasteiger partial charge in [-0.05, 0) is 17.0 Å². The Kier molecular flexibility index (Phi) is 3.24. The highest BCUT2D eigenvalue weighted by Gasteiger charge is 2.16. The molecular formula is C13H13F2NO. The summed E-state index contributed by atoms with van der Waals surface area (Å²) < 4.78 is 24.6. The van der Waals surface area contributed by atoms with Gasteiger partial charge >= 0.3 is 0 Å². The number of hydrogen-bond acceptors (Lipinski definition) is 2. The van der Waals surface area contributed by atoms with Crippen molar-refractivity contribution in [1.29, 1.82) is 0 Å². The Bertz CT molecular complexity index is 528. The van der Waals surface area contributed by atoms with Crippen molar-refractivity contribution in [2.75, 3.05) is 0 Å². The molecule has 0 amide bonds. The maximum absolute atomic E-state index is 12.3. The standard InChI is InChI=1S/C13H13F2NO/c14-13(15)7-11(16)9-5-6-12(17)10-4-2-1-3-8(9)10/h1-6,11,13,17H,7,16H2/t11-/m1/s1. The number of nitrogens with two attached hydrogens (primary N) is 1. The Labute approximate surface area is 97.7 Å². The zero-order valence-corrected chi connectivity index (χ0v) is 9.11. The highest BCUT2D eigenvalue weighted by Crippen LogP contribution is 2.31. The largest absolute Gasteiger partial charge is 0.507 e. The van der Waals surface area contributed by atoms with E-state index in [-0.39, 0.29) is 12.2 Å². The summed E-state index contributed by atoms with van der Waals surface area (Å²) in [6.45, 7) is 0. The van der Waals surface area contributed by atoms with Gasteiger partial charge in [0.15, 0.2) is 0 Å². The number of fused-ring (bicyclic) bond motifs is 1. The first kappa shape index (κ1) is 11.8. The zero-order valence-electron chi connectivity index (χ0n) is 9.11. The first-order valence-corrected chi connectivity index (χ1v) is 5.34. The van der Waals surface area contributed by atoms with E-state index in [0.717, 1.165) is 5.39 Å². The second-order valence-electron chi connectivity index (χ2n) is 3.95. The SMILES string of the molecule is N[C@H](CC(F)F)c1ccc(O)c2ccccc12. The lowest BCUT2D eigenvalue weighted by Gasteiger charge is -2.14. The molecule has 2 rings (SSSR count). The molecular weight excluding hydrogens is 224 g/mol. The van der Waals surface area contributed by atoms with Crippen LogP contribution >= 0.6 is 0 Å². The van der Waals surface area contributed by atoms with Gasteiger partial charge in [0.05, 0.1) is 0 Å². The normalized spacial score (nSPS) is 13.2. The van der Waals surface area contributed by atoms with Gasteiger partial charge in [-0.15, -0.1) is 0 Å². The number of phenolic OH excluding ortho intramolecular Hbond substituents is 1. The summed E-state index contributed by atoms with van der Waals surface area (Å²) in [6, 6.07) is 9.46. The molecule has 0 aliphatic rings. The first-order chi connectivity index (χ1) is 8.09. The van der Waals surface area contributed by atoms with Crippen LogP contribution in [0.1, 0.15) is 18.0 Å². The summed E-state index contributed by atoms with van der Waals surface area (Å²) in [5, 5.41) is 11.0. The quantitative estimate of drug-likeness (QED) is 0.861. The van der Waals surface area contributed by atoms with Gasteiger partial charge in [-0.2, -0.15) is 0 Å². The number of benzene rings is 2. The lowest BCUT2D eigenvalue weighted by molar-refractivity contribution is 0.128. The lowest BCUT2D eigenvalue weighted by atomic mass is 9.97. The van der Waals surface area contributed by atoms with Crippen molar-refractivity contribution in [2.24, 2.45) is 5.73 Å². The monoisotopic (exact) mass is 237 g/mol. The van der Waals surface area contributed by atoms with Crippen LogP contribution in [0.3, 0.4) is 0 Å². The Balaban J connectivity index is 2.51. The maximum Gasteiger partial charge on any atom is 0.240 e. The third-order valence-electron chi connectivity index (χ3n) is 2.77. The van der Waals surface area contributed by atoms with E-state index in [1.165, 1.54) is 6.07 Å². The van der Waals surface area contributed by atoms with Crippen LogP contribution in [-0.4, -0.2) is 11.5 Å². The number of alkyl halides is 2. The molecule has 0 radical (unpaired) electrons. The zero-order chi connectivity index (χ0) is 12.4. The van der Waals surface area contributed by atoms with Crippen molar-refractivity contribution in [2.45, 2.75) is 18.9 Å². The molecule has 90 valence electrons. The predicted molar refractivity (Wildman–Crippen MR) is 63.2 cm³/mol. The second-order valence-corrected chi connectivity index (χ2v) is 3.95. The van der Waals surface area contributed by atoms with Crippen LogP contribution in [0.25, 0.3) is 10.8 Å². The van der Waals surface area contributed by atoms with Crippen LogP contribution in [0.4, 0.5) is 8.78 Å². The molecule has 2 aromatic carbocycles. The summed E-state index contributed by atoms with van der Waals surface area (Å²) in [5.41, 5.74) is 6.39. The molecule has 0 saturated carbocycles. The smallest absolute Gasteiger partial charge is 0.240 e. The molecule has 0 aromatic heterocycles. The van der Waals surface area contributed by atoms with Crippen LogP contribution in [0.2, 0.25) is 0 Å². The van der Waals surface area contributed by atoms with Crippen LogP contribution in [-0.2, 0) is 0 Å². The molecule has 4 heteroatoms. The molecule has 0 aliphatic heterocycles. The van der Waals surface area contributed by atoms with Crippen LogP contribution in [0.5, 0.6) is 5.75 Å². The van der Waals surface area contributed by atoms with E-state index in [4.69, 9.17) is 5.73 Å². The van der Waals surface area contributed by atoms with Gasteiger partial charge < -0.3 is 10.8 Å². The van der Waals surface area contributed by atoms with E-state index >= 15 is 0 Å². The second kappa shape index (κ2) is 4.67. The van der Waals surface area contributed by atoms with Crippen molar-refractivity contribution in [3.63, 3.8) is 0 Å². The van der Waals surface area contributed by atoms with Gasteiger partial charge in [-0.3, -0.25) is 0 Å². The molecule has 0 unspecified atom stereocenters. The van der Waals surface area contributed by atoms with Gasteiger partial charge in [-0.1, -0.05) is 30.3 Å². The topological polar surface area (TPSA) is 46.2 Å². The number of hydrogen-bond donors (Lipinski definition) is 2. The Morgan fingerprint density at radius 2 is 1.71 bits per heavy atom. The van der Waals surface area contributed by atoms with E-state index < -0.39 is 12.5 Å². The van der Waals surface area contributed by atoms with Crippen molar-refractivity contribution in [1.82, 2.24) is 0 Å². The molecule has 17 heavy (non-hydrogen) atoms. The van der Waals surface area contributed by atoms with Crippen LogP contribution in [0, 0.1) is 0 Å². The molecule has 0 bridgehead atoms. The lowest BCUT2D eigenvalue weighted by Crippen LogP contribution is -2.14. The molecule has 0 spiro atoms. The fraction of sp³-hybridized carbons (Fsp3) is 0.231. The number of halogens is 2. The molecule has 0 aliphatic carbocycles. The average molecular weight is 237 g/mol. The molecule has 2 nitrogen and oxygen atoms in total. The van der Waals surface area contributed by atoms with Crippen molar-refractivity contribution in [3.05, 3.63) is 42.0 Å². The third kappa shape index (κ3) is 2.36. The summed E-state index contributed by atoms with van der Waals surface area (Å²) in [7, 11) is 0. The van der Waals surface area contributed by atoms with Gasteiger partial charge in [0, 0.05) is 17.8 Å². The molecule has 3 N–H and O–H groups in total. The van der Waals surface area contributed by atoms with E-state index in [1.54, 1.807) is 30.3 Å². The van der Waals surface area contributed by atoms with Crippen LogP contribution < -0.4 is 5.73 Å². The molecule has 0 saturated heterocycles. The summed E-state index contributed by atoms with van der Waals surface area (Å²) in [4.78, 5) is 0. The number of phenols is 1. The highest BCUT2D eigenvalue weighted by molar-refractivity contribution is 5.91. The fourth-order valence-corrected chi connectivity index (χ4v) is 1.95. The minimum atomic E-state index is -2.43. The highest BCUT2D eigenvalue weighted by atomic mass is 19.3. The van der Waals surface area contributed by atoms with Gasteiger partial charge in [0.1, 0.15) is 5.75 Å². The molecule has 0 fully saturated rings. The summed E-state index contributed by atoms with van der Waals surface area (Å²) >= 11 is 0. The predicted octanol–water partition coefficient (Wildman–Crippen LogP) is 3.20. The summed E-state index contributed by atoms with van der Waals surface area (Å²) in [6.07, 6.45) is -2.81. The third-order valence-corrected chi connectivity index (χ3v) is 2.77. The van der Waals surface area contributed by atoms with Gasteiger partial charge in [0.25, 0.3) is 0 Å². The van der Waals surface area contributed by atoms with Crippen molar-refractivity contribution < 1.29 is 13.9 Å². The minimum Gasteiger partial charge on any atom is -0.507 e. The van der Waals surface area contributed by atoms with Gasteiger partial charge in [0.2, 0.25) is 6.43 Å². The Hall–Kier alpha value is -1.68. The fourth-order valence-electron chi connectivity index (χ4n) is 1.95. The Morgan fingerprint density at radius 1 is 1.06 bits per heavy atom. The molecule has 2 aromatic rings. The van der Waals surface area contributed by atoms with E-state index in [1.807, 2.05) is 0 Å². The molecule has 0 heterocycles. The van der Waals surface area contributed by atoms with E-state index in [0.29, 0.717) is 10.9 Å². The Morgan fingerprint density at radius 3 is 2.35 bits per heavy atom. The van der Waals surface area contributed by atoms with Crippen LogP contribution in [0.15, 0.2) is 36.4 Å². The first-order valence-electron chi connectivity index (χ1n) is 5.34.